The summed E-state index contributed by atoms with van der Waals surface area (Å²) in [6.07, 6.45) is 6.55. The minimum Gasteiger partial charge on any atom is -0.465 e. The highest BCUT2D eigenvalue weighted by molar-refractivity contribution is 6.08. The molecule has 0 bridgehead atoms. The molecule has 0 amide bonds. The fraction of sp³-hybridized carbons (Fsp3) is 0.375. The largest absolute Gasteiger partial charge is 0.465 e. The van der Waals surface area contributed by atoms with Gasteiger partial charge in [0.15, 0.2) is 5.78 Å². The van der Waals surface area contributed by atoms with Crippen molar-refractivity contribution in [2.45, 2.75) is 26.2 Å². The Morgan fingerprint density at radius 1 is 1.35 bits per heavy atom. The van der Waals surface area contributed by atoms with Crippen molar-refractivity contribution in [1.29, 1.82) is 0 Å². The molecule has 0 aliphatic carbocycles. The molecule has 20 heavy (non-hydrogen) atoms. The quantitative estimate of drug-likeness (QED) is 0.253. The zero-order valence-corrected chi connectivity index (χ0v) is 11.4. The van der Waals surface area contributed by atoms with Crippen molar-refractivity contribution in [2.24, 2.45) is 5.92 Å². The SMILES string of the molecule is C#CCCC[C@@H](C(=O)OCC)C(=O)c1ccc(F)cc1. The summed E-state index contributed by atoms with van der Waals surface area (Å²) in [6, 6.07) is 5.12. The van der Waals surface area contributed by atoms with Gasteiger partial charge in [0, 0.05) is 12.0 Å². The zero-order chi connectivity index (χ0) is 15.0. The van der Waals surface area contributed by atoms with E-state index in [0.29, 0.717) is 24.8 Å². The van der Waals surface area contributed by atoms with Gasteiger partial charge in [0.25, 0.3) is 0 Å². The molecular weight excluding hydrogens is 259 g/mol. The van der Waals surface area contributed by atoms with Gasteiger partial charge in [-0.05, 0) is 44.0 Å². The lowest BCUT2D eigenvalue weighted by molar-refractivity contribution is -0.146. The first kappa shape index (κ1) is 15.9. The van der Waals surface area contributed by atoms with Crippen LogP contribution < -0.4 is 0 Å². The summed E-state index contributed by atoms with van der Waals surface area (Å²) in [5.74, 6) is 0.240. The van der Waals surface area contributed by atoms with Crippen LogP contribution in [-0.4, -0.2) is 18.4 Å². The van der Waals surface area contributed by atoms with E-state index in [2.05, 4.69) is 5.92 Å². The number of rotatable bonds is 7. The minimum absolute atomic E-state index is 0.209. The van der Waals surface area contributed by atoms with Crippen LogP contribution >= 0.6 is 0 Å². The van der Waals surface area contributed by atoms with Crippen molar-refractivity contribution in [2.75, 3.05) is 6.61 Å². The summed E-state index contributed by atoms with van der Waals surface area (Å²) in [4.78, 5) is 24.1. The summed E-state index contributed by atoms with van der Waals surface area (Å²) >= 11 is 0. The number of Topliss-reactive ketones (excluding diaryl/α,β-unsaturated/α-hetero) is 1. The third-order valence-electron chi connectivity index (χ3n) is 2.83. The number of carbonyl (C=O) groups excluding carboxylic acids is 2. The Balaban J connectivity index is 2.85. The Morgan fingerprint density at radius 3 is 2.55 bits per heavy atom. The highest BCUT2D eigenvalue weighted by Crippen LogP contribution is 2.18. The average Bonchev–Trinajstić information content (AvgIpc) is 2.44. The maximum atomic E-state index is 12.9. The summed E-state index contributed by atoms with van der Waals surface area (Å²) in [7, 11) is 0. The molecular formula is C16H17FO3. The van der Waals surface area contributed by atoms with Crippen LogP contribution in [0.1, 0.15) is 36.5 Å². The van der Waals surface area contributed by atoms with E-state index in [0.717, 1.165) is 0 Å². The molecule has 0 aliphatic heterocycles. The lowest BCUT2D eigenvalue weighted by Crippen LogP contribution is -2.26. The number of benzene rings is 1. The molecule has 1 rings (SSSR count). The van der Waals surface area contributed by atoms with Crippen molar-refractivity contribution < 1.29 is 18.7 Å². The van der Waals surface area contributed by atoms with E-state index < -0.39 is 17.7 Å². The smallest absolute Gasteiger partial charge is 0.316 e. The fourth-order valence-corrected chi connectivity index (χ4v) is 1.82. The number of terminal acetylenes is 1. The van der Waals surface area contributed by atoms with Crippen LogP contribution in [-0.2, 0) is 9.53 Å². The van der Waals surface area contributed by atoms with E-state index >= 15 is 0 Å². The predicted molar refractivity (Wildman–Crippen MR) is 73.5 cm³/mol. The maximum absolute atomic E-state index is 12.9. The Morgan fingerprint density at radius 2 is 2.00 bits per heavy atom. The molecule has 1 atom stereocenters. The Kier molecular flexibility index (Phi) is 6.45. The molecule has 0 radical (unpaired) electrons. The molecule has 0 saturated heterocycles. The van der Waals surface area contributed by atoms with E-state index in [-0.39, 0.29) is 12.4 Å². The second-order valence-corrected chi connectivity index (χ2v) is 4.27. The maximum Gasteiger partial charge on any atom is 0.316 e. The van der Waals surface area contributed by atoms with Crippen LogP contribution in [0, 0.1) is 24.1 Å². The van der Waals surface area contributed by atoms with Crippen LogP contribution in [0.15, 0.2) is 24.3 Å². The van der Waals surface area contributed by atoms with E-state index in [1.807, 2.05) is 0 Å². The third kappa shape index (κ3) is 4.51. The van der Waals surface area contributed by atoms with Gasteiger partial charge in [-0.1, -0.05) is 0 Å². The van der Waals surface area contributed by atoms with Gasteiger partial charge in [-0.3, -0.25) is 9.59 Å². The van der Waals surface area contributed by atoms with Gasteiger partial charge in [0.2, 0.25) is 0 Å². The molecule has 0 spiro atoms. The number of hydrogen-bond donors (Lipinski definition) is 0. The molecule has 0 fully saturated rings. The summed E-state index contributed by atoms with van der Waals surface area (Å²) in [5.41, 5.74) is 0.296. The van der Waals surface area contributed by atoms with Crippen LogP contribution in [0.4, 0.5) is 4.39 Å². The van der Waals surface area contributed by atoms with Crippen molar-refractivity contribution in [1.82, 2.24) is 0 Å². The third-order valence-corrected chi connectivity index (χ3v) is 2.83. The lowest BCUT2D eigenvalue weighted by atomic mass is 9.92. The van der Waals surface area contributed by atoms with Gasteiger partial charge in [-0.2, -0.15) is 0 Å². The van der Waals surface area contributed by atoms with Crippen molar-refractivity contribution in [3.05, 3.63) is 35.6 Å². The standard InChI is InChI=1S/C16H17FO3/c1-3-5-6-7-14(16(19)20-4-2)15(18)12-8-10-13(17)11-9-12/h1,8-11,14H,4-7H2,2H3/t14-/m1/s1. The molecule has 3 nitrogen and oxygen atoms in total. The minimum atomic E-state index is -0.881. The second-order valence-electron chi connectivity index (χ2n) is 4.27. The van der Waals surface area contributed by atoms with Gasteiger partial charge in [-0.15, -0.1) is 12.3 Å². The Bertz CT molecular complexity index is 499. The summed E-state index contributed by atoms with van der Waals surface area (Å²) < 4.78 is 17.8. The van der Waals surface area contributed by atoms with E-state index in [1.54, 1.807) is 6.92 Å². The number of unbranched alkanes of at least 4 members (excludes halogenated alkanes) is 1. The molecule has 106 valence electrons. The van der Waals surface area contributed by atoms with Crippen molar-refractivity contribution >= 4 is 11.8 Å². The topological polar surface area (TPSA) is 43.4 Å². The molecule has 0 aliphatic rings. The number of ether oxygens (including phenoxy) is 1. The second kappa shape index (κ2) is 8.11. The number of ketones is 1. The van der Waals surface area contributed by atoms with Gasteiger partial charge < -0.3 is 4.74 Å². The van der Waals surface area contributed by atoms with Gasteiger partial charge in [0.05, 0.1) is 6.61 Å². The number of halogens is 1. The zero-order valence-electron chi connectivity index (χ0n) is 11.4. The molecule has 1 aromatic rings. The first-order valence-electron chi connectivity index (χ1n) is 6.50. The van der Waals surface area contributed by atoms with Crippen LogP contribution in [0.3, 0.4) is 0 Å². The first-order valence-corrected chi connectivity index (χ1v) is 6.50. The number of esters is 1. The number of carbonyl (C=O) groups is 2. The molecule has 0 heterocycles. The molecule has 0 aromatic heterocycles. The molecule has 1 aromatic carbocycles. The van der Waals surface area contributed by atoms with Gasteiger partial charge >= 0.3 is 5.97 Å². The monoisotopic (exact) mass is 276 g/mol. The van der Waals surface area contributed by atoms with Crippen LogP contribution in [0.5, 0.6) is 0 Å². The van der Waals surface area contributed by atoms with Crippen LogP contribution in [0.2, 0.25) is 0 Å². The average molecular weight is 276 g/mol. The Hall–Kier alpha value is -2.15. The number of hydrogen-bond acceptors (Lipinski definition) is 3. The molecule has 0 saturated carbocycles. The lowest BCUT2D eigenvalue weighted by Gasteiger charge is -2.14. The molecule has 0 unspecified atom stereocenters. The highest BCUT2D eigenvalue weighted by Gasteiger charge is 2.28. The molecule has 4 heteroatoms. The summed E-state index contributed by atoms with van der Waals surface area (Å²) in [5, 5.41) is 0. The van der Waals surface area contributed by atoms with E-state index in [1.165, 1.54) is 24.3 Å². The predicted octanol–water partition coefficient (Wildman–Crippen LogP) is 2.99. The summed E-state index contributed by atoms with van der Waals surface area (Å²) in [6.45, 7) is 1.89. The molecule has 0 N–H and O–H groups in total. The van der Waals surface area contributed by atoms with Crippen molar-refractivity contribution in [3.63, 3.8) is 0 Å². The first-order chi connectivity index (χ1) is 9.60. The normalized spacial score (nSPS) is 11.4. The Labute approximate surface area is 118 Å². The van der Waals surface area contributed by atoms with Crippen molar-refractivity contribution in [3.8, 4) is 12.3 Å². The van der Waals surface area contributed by atoms with E-state index in [9.17, 15) is 14.0 Å². The fourth-order valence-electron chi connectivity index (χ4n) is 1.82. The van der Waals surface area contributed by atoms with Gasteiger partial charge in [-0.25, -0.2) is 4.39 Å². The highest BCUT2D eigenvalue weighted by atomic mass is 19.1. The van der Waals surface area contributed by atoms with Crippen LogP contribution in [0.25, 0.3) is 0 Å². The van der Waals surface area contributed by atoms with Gasteiger partial charge in [0.1, 0.15) is 11.7 Å². The van der Waals surface area contributed by atoms with E-state index in [4.69, 9.17) is 11.2 Å².